The van der Waals surface area contributed by atoms with E-state index in [-0.39, 0.29) is 37.7 Å². The first kappa shape index (κ1) is 25.2. The first-order valence-electron chi connectivity index (χ1n) is 11.6. The smallest absolute Gasteiger partial charge is 0.254 e. The fraction of sp³-hybridized carbons (Fsp3) is 0.346. The van der Waals surface area contributed by atoms with Crippen LogP contribution in [0.25, 0.3) is 0 Å². The number of aliphatic hydroxyl groups excluding tert-OH is 2. The van der Waals surface area contributed by atoms with Crippen LogP contribution in [0, 0.1) is 5.95 Å². The van der Waals surface area contributed by atoms with Crippen molar-refractivity contribution in [3.05, 3.63) is 94.3 Å². The molecular weight excluding hydrogens is 471 g/mol. The lowest BCUT2D eigenvalue weighted by atomic mass is 10.0. The minimum Gasteiger partial charge on any atom is -0.395 e. The fourth-order valence-corrected chi connectivity index (χ4v) is 4.53. The molecule has 0 bridgehead atoms. The van der Waals surface area contributed by atoms with Gasteiger partial charge in [-0.25, -0.2) is 9.97 Å². The average molecular weight is 499 g/mol. The molecule has 0 spiro atoms. The summed E-state index contributed by atoms with van der Waals surface area (Å²) in [6.07, 6.45) is 4.81. The zero-order valence-electron chi connectivity index (χ0n) is 19.1. The summed E-state index contributed by atoms with van der Waals surface area (Å²) in [6, 6.07) is 14.1. The fourth-order valence-electron chi connectivity index (χ4n) is 4.42. The van der Waals surface area contributed by atoms with Crippen LogP contribution >= 0.6 is 11.6 Å². The number of hydrogen-bond donors (Lipinski definition) is 3. The van der Waals surface area contributed by atoms with Crippen molar-refractivity contribution in [2.24, 2.45) is 0 Å². The van der Waals surface area contributed by atoms with Crippen LogP contribution in [0.4, 0.5) is 4.39 Å². The summed E-state index contributed by atoms with van der Waals surface area (Å²) in [7, 11) is 0. The van der Waals surface area contributed by atoms with Gasteiger partial charge in [-0.2, -0.15) is 4.39 Å². The molecule has 4 rings (SSSR count). The number of pyridine rings is 2. The summed E-state index contributed by atoms with van der Waals surface area (Å²) in [6.45, 7) is -0.106. The number of aromatic nitrogens is 2. The zero-order chi connectivity index (χ0) is 24.8. The van der Waals surface area contributed by atoms with E-state index in [4.69, 9.17) is 11.6 Å². The molecule has 1 aliphatic rings. The minimum atomic E-state index is -0.660. The third-order valence-corrected chi connectivity index (χ3v) is 6.51. The SMILES string of the molecule is O=C(c1ccc(C[C@@H]2CC[C@H](C(O)c3ccc(Cl)nc3)N2)cc1)N(CCO)Cc1cccnc1F. The number of aliphatic hydroxyl groups is 2. The summed E-state index contributed by atoms with van der Waals surface area (Å²) < 4.78 is 14.0. The predicted octanol–water partition coefficient (Wildman–Crippen LogP) is 3.30. The molecule has 1 fully saturated rings. The molecule has 3 heterocycles. The second kappa shape index (κ2) is 11.7. The molecule has 1 amide bonds. The van der Waals surface area contributed by atoms with Crippen LogP contribution in [-0.2, 0) is 13.0 Å². The van der Waals surface area contributed by atoms with Gasteiger partial charge in [0.15, 0.2) is 0 Å². The highest BCUT2D eigenvalue weighted by Crippen LogP contribution is 2.27. The molecule has 1 aliphatic heterocycles. The molecule has 7 nitrogen and oxygen atoms in total. The molecule has 3 aromatic rings. The first-order valence-corrected chi connectivity index (χ1v) is 12.0. The van der Waals surface area contributed by atoms with E-state index in [2.05, 4.69) is 15.3 Å². The number of hydrogen-bond acceptors (Lipinski definition) is 6. The van der Waals surface area contributed by atoms with Crippen LogP contribution in [0.5, 0.6) is 0 Å². The van der Waals surface area contributed by atoms with Crippen molar-refractivity contribution < 1.29 is 19.4 Å². The highest BCUT2D eigenvalue weighted by Gasteiger charge is 2.30. The topological polar surface area (TPSA) is 98.6 Å². The molecule has 3 N–H and O–H groups in total. The van der Waals surface area contributed by atoms with Gasteiger partial charge in [0.25, 0.3) is 5.91 Å². The van der Waals surface area contributed by atoms with Crippen molar-refractivity contribution in [3.63, 3.8) is 0 Å². The molecule has 3 atom stereocenters. The second-order valence-corrected chi connectivity index (χ2v) is 9.10. The van der Waals surface area contributed by atoms with Crippen molar-refractivity contribution in [2.45, 2.75) is 44.0 Å². The highest BCUT2D eigenvalue weighted by molar-refractivity contribution is 6.29. The number of nitrogens with one attached hydrogen (secondary N) is 1. The number of rotatable bonds is 9. The summed E-state index contributed by atoms with van der Waals surface area (Å²) >= 11 is 5.83. The van der Waals surface area contributed by atoms with Crippen molar-refractivity contribution in [1.82, 2.24) is 20.2 Å². The van der Waals surface area contributed by atoms with Gasteiger partial charge in [-0.05, 0) is 49.1 Å². The van der Waals surface area contributed by atoms with Crippen molar-refractivity contribution in [1.29, 1.82) is 0 Å². The van der Waals surface area contributed by atoms with Crippen LogP contribution in [0.2, 0.25) is 5.15 Å². The van der Waals surface area contributed by atoms with Gasteiger partial charge in [0, 0.05) is 47.7 Å². The van der Waals surface area contributed by atoms with E-state index in [1.807, 2.05) is 12.1 Å². The molecule has 35 heavy (non-hydrogen) atoms. The molecule has 1 unspecified atom stereocenters. The monoisotopic (exact) mass is 498 g/mol. The molecule has 0 saturated carbocycles. The Bertz CT molecular complexity index is 1130. The second-order valence-electron chi connectivity index (χ2n) is 8.71. The largest absolute Gasteiger partial charge is 0.395 e. The van der Waals surface area contributed by atoms with Gasteiger partial charge < -0.3 is 20.4 Å². The first-order chi connectivity index (χ1) is 16.9. The average Bonchev–Trinajstić information content (AvgIpc) is 3.33. The summed E-state index contributed by atoms with van der Waals surface area (Å²) in [5.74, 6) is -0.911. The third-order valence-electron chi connectivity index (χ3n) is 6.29. The predicted molar refractivity (Wildman–Crippen MR) is 130 cm³/mol. The van der Waals surface area contributed by atoms with E-state index >= 15 is 0 Å². The van der Waals surface area contributed by atoms with Gasteiger partial charge in [0.2, 0.25) is 5.95 Å². The van der Waals surface area contributed by atoms with Crippen molar-refractivity contribution >= 4 is 17.5 Å². The molecular formula is C26H28ClFN4O3. The van der Waals surface area contributed by atoms with Gasteiger partial charge in [-0.15, -0.1) is 0 Å². The third kappa shape index (κ3) is 6.41. The van der Waals surface area contributed by atoms with Crippen LogP contribution in [0.1, 0.15) is 46.0 Å². The van der Waals surface area contributed by atoms with E-state index < -0.39 is 12.1 Å². The number of amides is 1. The standard InChI is InChI=1S/C26H28ClFN4O3/c27-23-10-7-19(15-30-23)24(34)22-9-8-21(31-22)14-17-3-5-18(6-4-17)26(35)32(12-13-33)16-20-2-1-11-29-25(20)28/h1-7,10-11,15,21-22,24,31,33-34H,8-9,12-14,16H2/t21-,22+,24?/m0/s1. The molecule has 9 heteroatoms. The number of carbonyl (C=O) groups excluding carboxylic acids is 1. The van der Waals surface area contributed by atoms with E-state index in [0.29, 0.717) is 16.3 Å². The van der Waals surface area contributed by atoms with Gasteiger partial charge in [-0.1, -0.05) is 35.9 Å². The normalized spacial score (nSPS) is 18.4. The molecule has 0 radical (unpaired) electrons. The Labute approximate surface area is 208 Å². The van der Waals surface area contributed by atoms with Crippen LogP contribution < -0.4 is 5.32 Å². The maximum absolute atomic E-state index is 14.0. The maximum atomic E-state index is 14.0. The summed E-state index contributed by atoms with van der Waals surface area (Å²) in [5, 5.41) is 24.0. The molecule has 1 aromatic carbocycles. The lowest BCUT2D eigenvalue weighted by Gasteiger charge is -2.22. The minimum absolute atomic E-state index is 0.0274. The molecule has 0 aliphatic carbocycles. The van der Waals surface area contributed by atoms with Crippen LogP contribution in [0.3, 0.4) is 0 Å². The van der Waals surface area contributed by atoms with Gasteiger partial charge in [0.05, 0.1) is 19.3 Å². The van der Waals surface area contributed by atoms with E-state index in [1.165, 1.54) is 11.1 Å². The Morgan fingerprint density at radius 1 is 1.17 bits per heavy atom. The number of carbonyl (C=O) groups is 1. The number of nitrogens with zero attached hydrogens (tertiary/aromatic N) is 3. The number of benzene rings is 1. The summed E-state index contributed by atoms with van der Waals surface area (Å²) in [4.78, 5) is 22.1. The van der Waals surface area contributed by atoms with Crippen LogP contribution in [0.15, 0.2) is 60.9 Å². The Balaban J connectivity index is 1.35. The van der Waals surface area contributed by atoms with Crippen LogP contribution in [-0.4, -0.2) is 56.2 Å². The highest BCUT2D eigenvalue weighted by atomic mass is 35.5. The molecule has 2 aromatic heterocycles. The Morgan fingerprint density at radius 3 is 2.66 bits per heavy atom. The van der Waals surface area contributed by atoms with E-state index in [1.54, 1.807) is 42.6 Å². The van der Waals surface area contributed by atoms with Gasteiger partial charge in [-0.3, -0.25) is 4.79 Å². The number of halogens is 2. The quantitative estimate of drug-likeness (QED) is 0.392. The van der Waals surface area contributed by atoms with Crippen molar-refractivity contribution in [3.8, 4) is 0 Å². The van der Waals surface area contributed by atoms with Gasteiger partial charge in [0.1, 0.15) is 5.15 Å². The Morgan fingerprint density at radius 2 is 1.97 bits per heavy atom. The van der Waals surface area contributed by atoms with Gasteiger partial charge >= 0.3 is 0 Å². The maximum Gasteiger partial charge on any atom is 0.254 e. The lowest BCUT2D eigenvalue weighted by Crippen LogP contribution is -2.35. The van der Waals surface area contributed by atoms with E-state index in [0.717, 1.165) is 30.4 Å². The zero-order valence-corrected chi connectivity index (χ0v) is 19.9. The summed E-state index contributed by atoms with van der Waals surface area (Å²) in [5.41, 5.74) is 2.56. The lowest BCUT2D eigenvalue weighted by molar-refractivity contribution is 0.0705. The Hall–Kier alpha value is -2.91. The molecule has 1 saturated heterocycles. The Kier molecular flexibility index (Phi) is 8.41. The molecule has 184 valence electrons. The van der Waals surface area contributed by atoms with Crippen molar-refractivity contribution in [2.75, 3.05) is 13.2 Å². The van der Waals surface area contributed by atoms with E-state index in [9.17, 15) is 19.4 Å².